The molecule has 0 aliphatic heterocycles. The minimum absolute atomic E-state index is 0.0624. The fourth-order valence-electron chi connectivity index (χ4n) is 2.01. The lowest BCUT2D eigenvalue weighted by atomic mass is 10.1. The Morgan fingerprint density at radius 3 is 2.78 bits per heavy atom. The summed E-state index contributed by atoms with van der Waals surface area (Å²) < 4.78 is 27.9. The monoisotopic (exact) mass is 353 g/mol. The van der Waals surface area contributed by atoms with Crippen molar-refractivity contribution >= 4 is 27.5 Å². The molecule has 0 aliphatic carbocycles. The van der Waals surface area contributed by atoms with Crippen LogP contribution >= 0.6 is 11.8 Å². The summed E-state index contributed by atoms with van der Waals surface area (Å²) in [4.78, 5) is 12.1. The van der Waals surface area contributed by atoms with Crippen LogP contribution in [0.2, 0.25) is 0 Å². The van der Waals surface area contributed by atoms with Gasteiger partial charge < -0.3 is 9.73 Å². The van der Waals surface area contributed by atoms with Crippen molar-refractivity contribution in [3.63, 3.8) is 0 Å². The van der Waals surface area contributed by atoms with Gasteiger partial charge in [0, 0.05) is 24.1 Å². The highest BCUT2D eigenvalue weighted by molar-refractivity contribution is 7.98. The fourth-order valence-corrected chi connectivity index (χ4v) is 3.55. The molecule has 1 aromatic carbocycles. The summed E-state index contributed by atoms with van der Waals surface area (Å²) in [6.07, 6.45) is 2.82. The number of carbonyl (C=O) groups excluding carboxylic acids is 1. The number of thioether (sulfide) groups is 1. The van der Waals surface area contributed by atoms with Crippen LogP contribution in [-0.2, 0) is 21.3 Å². The molecule has 0 unspecified atom stereocenters. The van der Waals surface area contributed by atoms with E-state index in [1.807, 2.05) is 12.1 Å². The Balaban J connectivity index is 1.78. The van der Waals surface area contributed by atoms with Gasteiger partial charge in [0.1, 0.15) is 5.76 Å². The number of rotatable bonds is 8. The SMILES string of the molecule is CS(=O)(=O)Cc1cccc(C(=O)NCCSCc2ccco2)c1. The lowest BCUT2D eigenvalue weighted by Crippen LogP contribution is -2.25. The van der Waals surface area contributed by atoms with Gasteiger partial charge in [-0.05, 0) is 29.8 Å². The van der Waals surface area contributed by atoms with Gasteiger partial charge in [0.25, 0.3) is 5.91 Å². The van der Waals surface area contributed by atoms with Crippen molar-refractivity contribution in [3.05, 3.63) is 59.5 Å². The molecule has 0 aliphatic rings. The summed E-state index contributed by atoms with van der Waals surface area (Å²) in [5, 5.41) is 2.83. The standard InChI is InChI=1S/C16H19NO4S2/c1-23(19,20)12-13-4-2-5-14(10-13)16(18)17-7-9-22-11-15-6-3-8-21-15/h2-6,8,10H,7,9,11-12H2,1H3,(H,17,18). The first kappa shape index (κ1) is 17.6. The Morgan fingerprint density at radius 2 is 2.09 bits per heavy atom. The maximum absolute atomic E-state index is 12.1. The summed E-state index contributed by atoms with van der Waals surface area (Å²) >= 11 is 1.67. The van der Waals surface area contributed by atoms with Gasteiger partial charge in [-0.15, -0.1) is 0 Å². The van der Waals surface area contributed by atoms with Crippen molar-refractivity contribution in [1.82, 2.24) is 5.32 Å². The van der Waals surface area contributed by atoms with Gasteiger partial charge in [-0.3, -0.25) is 4.79 Å². The molecule has 1 heterocycles. The topological polar surface area (TPSA) is 76.4 Å². The number of furan rings is 1. The normalized spacial score (nSPS) is 11.3. The molecule has 1 amide bonds. The smallest absolute Gasteiger partial charge is 0.251 e. The van der Waals surface area contributed by atoms with Crippen LogP contribution in [0, 0.1) is 0 Å². The van der Waals surface area contributed by atoms with Crippen LogP contribution in [0.5, 0.6) is 0 Å². The van der Waals surface area contributed by atoms with Gasteiger partial charge in [0.05, 0.1) is 17.8 Å². The lowest BCUT2D eigenvalue weighted by Gasteiger charge is -2.06. The van der Waals surface area contributed by atoms with Crippen molar-refractivity contribution < 1.29 is 17.6 Å². The van der Waals surface area contributed by atoms with Gasteiger partial charge in [-0.25, -0.2) is 8.42 Å². The number of hydrogen-bond donors (Lipinski definition) is 1. The lowest BCUT2D eigenvalue weighted by molar-refractivity contribution is 0.0956. The number of amides is 1. The zero-order valence-corrected chi connectivity index (χ0v) is 14.5. The van der Waals surface area contributed by atoms with E-state index in [4.69, 9.17) is 4.42 Å². The molecule has 2 aromatic rings. The maximum atomic E-state index is 12.1. The fraction of sp³-hybridized carbons (Fsp3) is 0.312. The van der Waals surface area contributed by atoms with Gasteiger partial charge in [0.2, 0.25) is 0 Å². The number of carbonyl (C=O) groups is 1. The molecule has 1 aromatic heterocycles. The second-order valence-electron chi connectivity index (χ2n) is 5.16. The van der Waals surface area contributed by atoms with Crippen molar-refractivity contribution in [2.45, 2.75) is 11.5 Å². The van der Waals surface area contributed by atoms with Crippen molar-refractivity contribution in [3.8, 4) is 0 Å². The third-order valence-electron chi connectivity index (χ3n) is 2.97. The van der Waals surface area contributed by atoms with E-state index in [0.29, 0.717) is 17.7 Å². The minimum Gasteiger partial charge on any atom is -0.468 e. The second-order valence-corrected chi connectivity index (χ2v) is 8.40. The third kappa shape index (κ3) is 6.50. The van der Waals surface area contributed by atoms with Crippen LogP contribution in [0.25, 0.3) is 0 Å². The van der Waals surface area contributed by atoms with E-state index in [-0.39, 0.29) is 11.7 Å². The van der Waals surface area contributed by atoms with Crippen molar-refractivity contribution in [2.75, 3.05) is 18.6 Å². The van der Waals surface area contributed by atoms with Crippen LogP contribution in [-0.4, -0.2) is 32.9 Å². The Hall–Kier alpha value is -1.73. The molecule has 2 rings (SSSR count). The van der Waals surface area contributed by atoms with Gasteiger partial charge in [-0.1, -0.05) is 12.1 Å². The summed E-state index contributed by atoms with van der Waals surface area (Å²) in [6, 6.07) is 10.5. The molecule has 1 N–H and O–H groups in total. The summed E-state index contributed by atoms with van der Waals surface area (Å²) in [5.41, 5.74) is 1.09. The zero-order valence-electron chi connectivity index (χ0n) is 12.8. The largest absolute Gasteiger partial charge is 0.468 e. The molecular formula is C16H19NO4S2. The van der Waals surface area contributed by atoms with Crippen LogP contribution in [0.3, 0.4) is 0 Å². The summed E-state index contributed by atoms with van der Waals surface area (Å²) in [5.74, 6) is 2.20. The van der Waals surface area contributed by atoms with Gasteiger partial charge >= 0.3 is 0 Å². The van der Waals surface area contributed by atoms with E-state index in [2.05, 4.69) is 5.32 Å². The predicted octanol–water partition coefficient (Wildman–Crippen LogP) is 2.49. The van der Waals surface area contributed by atoms with E-state index in [0.717, 1.165) is 17.3 Å². The van der Waals surface area contributed by atoms with Crippen LogP contribution < -0.4 is 5.32 Å². The number of sulfone groups is 1. The number of benzene rings is 1. The minimum atomic E-state index is -3.11. The molecule has 0 radical (unpaired) electrons. The first-order valence-electron chi connectivity index (χ1n) is 7.09. The van der Waals surface area contributed by atoms with E-state index in [9.17, 15) is 13.2 Å². The molecule has 0 saturated carbocycles. The second kappa shape index (κ2) is 8.21. The van der Waals surface area contributed by atoms with E-state index >= 15 is 0 Å². The Kier molecular flexibility index (Phi) is 6.29. The third-order valence-corrected chi connectivity index (χ3v) is 4.81. The molecule has 7 heteroatoms. The Bertz CT molecular complexity index is 739. The quantitative estimate of drug-likeness (QED) is 0.738. The van der Waals surface area contributed by atoms with Crippen molar-refractivity contribution in [2.24, 2.45) is 0 Å². The summed E-state index contributed by atoms with van der Waals surface area (Å²) in [7, 11) is -3.11. The maximum Gasteiger partial charge on any atom is 0.251 e. The molecule has 0 spiro atoms. The predicted molar refractivity (Wildman–Crippen MR) is 92.2 cm³/mol. The zero-order chi connectivity index (χ0) is 16.7. The Morgan fingerprint density at radius 1 is 1.26 bits per heavy atom. The highest BCUT2D eigenvalue weighted by Crippen LogP contribution is 2.12. The van der Waals surface area contributed by atoms with Gasteiger partial charge in [0.15, 0.2) is 9.84 Å². The first-order chi connectivity index (χ1) is 10.9. The van der Waals surface area contributed by atoms with Crippen molar-refractivity contribution in [1.29, 1.82) is 0 Å². The van der Waals surface area contributed by atoms with E-state index < -0.39 is 9.84 Å². The molecule has 124 valence electrons. The molecule has 0 atom stereocenters. The van der Waals surface area contributed by atoms with Gasteiger partial charge in [-0.2, -0.15) is 11.8 Å². The van der Waals surface area contributed by atoms with Crippen LogP contribution in [0.15, 0.2) is 47.1 Å². The molecule has 23 heavy (non-hydrogen) atoms. The number of nitrogens with one attached hydrogen (secondary N) is 1. The van der Waals surface area contributed by atoms with E-state index in [1.54, 1.807) is 42.3 Å². The van der Waals surface area contributed by atoms with Crippen LogP contribution in [0.1, 0.15) is 21.7 Å². The average molecular weight is 353 g/mol. The highest BCUT2D eigenvalue weighted by atomic mass is 32.2. The average Bonchev–Trinajstić information content (AvgIpc) is 2.98. The molecule has 0 bridgehead atoms. The molecular weight excluding hydrogens is 334 g/mol. The highest BCUT2D eigenvalue weighted by Gasteiger charge is 2.09. The molecule has 0 fully saturated rings. The number of hydrogen-bond acceptors (Lipinski definition) is 5. The molecule has 0 saturated heterocycles. The van der Waals surface area contributed by atoms with E-state index in [1.165, 1.54) is 6.26 Å². The molecule has 5 nitrogen and oxygen atoms in total. The summed E-state index contributed by atoms with van der Waals surface area (Å²) in [6.45, 7) is 0.542. The first-order valence-corrected chi connectivity index (χ1v) is 10.3. The Labute approximate surface area is 140 Å². The van der Waals surface area contributed by atoms with Crippen LogP contribution in [0.4, 0.5) is 0 Å².